The van der Waals surface area contributed by atoms with Crippen LogP contribution in [-0.4, -0.2) is 21.0 Å². The molecule has 2 amide bonds. The van der Waals surface area contributed by atoms with Crippen molar-refractivity contribution < 1.29 is 9.59 Å². The zero-order valence-corrected chi connectivity index (χ0v) is 14.5. The Labute approximate surface area is 146 Å². The van der Waals surface area contributed by atoms with Gasteiger partial charge >= 0.3 is 0 Å². The van der Waals surface area contributed by atoms with Gasteiger partial charge in [0.05, 0.1) is 5.25 Å². The molecular formula is C19H22N2O2S. The predicted octanol–water partition coefficient (Wildman–Crippen LogP) is 4.12. The summed E-state index contributed by atoms with van der Waals surface area (Å²) in [7, 11) is 0. The van der Waals surface area contributed by atoms with Gasteiger partial charge in [-0.3, -0.25) is 14.9 Å². The van der Waals surface area contributed by atoms with E-state index in [1.165, 1.54) is 43.0 Å². The summed E-state index contributed by atoms with van der Waals surface area (Å²) in [5.74, 6) is 0.621. The Bertz CT molecular complexity index is 777. The van der Waals surface area contributed by atoms with Crippen LogP contribution in [0.2, 0.25) is 0 Å². The average molecular weight is 342 g/mol. The average Bonchev–Trinajstić information content (AvgIpc) is 3.13. The number of nitrogens with zero attached hydrogens (tertiary/aromatic N) is 1. The molecule has 1 aromatic carbocycles. The van der Waals surface area contributed by atoms with Gasteiger partial charge in [-0.25, -0.2) is 0 Å². The zero-order chi connectivity index (χ0) is 16.5. The van der Waals surface area contributed by atoms with Crippen LogP contribution in [0.3, 0.4) is 0 Å². The van der Waals surface area contributed by atoms with Crippen molar-refractivity contribution >= 4 is 33.8 Å². The molecule has 4 nitrogen and oxygen atoms in total. The van der Waals surface area contributed by atoms with E-state index in [1.807, 2.05) is 0 Å². The number of carbonyl (C=O) groups is 2. The summed E-state index contributed by atoms with van der Waals surface area (Å²) in [6.07, 6.45) is 9.55. The van der Waals surface area contributed by atoms with Crippen LogP contribution < -0.4 is 5.32 Å². The molecule has 1 atom stereocenters. The van der Waals surface area contributed by atoms with Crippen molar-refractivity contribution in [3.8, 4) is 0 Å². The third kappa shape index (κ3) is 3.09. The molecule has 2 aromatic rings. The lowest BCUT2D eigenvalue weighted by Gasteiger charge is -2.22. The Morgan fingerprint density at radius 1 is 1.12 bits per heavy atom. The summed E-state index contributed by atoms with van der Waals surface area (Å²) in [5, 5.41) is 3.05. The number of aromatic nitrogens is 1. The lowest BCUT2D eigenvalue weighted by atomic mass is 9.89. The van der Waals surface area contributed by atoms with E-state index in [-0.39, 0.29) is 16.4 Å². The fourth-order valence-corrected chi connectivity index (χ4v) is 4.85. The first-order valence-corrected chi connectivity index (χ1v) is 9.67. The minimum atomic E-state index is -0.301. The lowest BCUT2D eigenvalue weighted by molar-refractivity contribution is -0.118. The Morgan fingerprint density at radius 2 is 1.96 bits per heavy atom. The van der Waals surface area contributed by atoms with Gasteiger partial charge in [0.15, 0.2) is 0 Å². The highest BCUT2D eigenvalue weighted by atomic mass is 32.2. The molecule has 1 aliphatic carbocycles. The van der Waals surface area contributed by atoms with Crippen molar-refractivity contribution in [3.05, 3.63) is 36.0 Å². The largest absolute Gasteiger partial charge is 0.347 e. The summed E-state index contributed by atoms with van der Waals surface area (Å²) in [6.45, 7) is 1.09. The lowest BCUT2D eigenvalue weighted by Crippen LogP contribution is -2.25. The molecule has 0 bridgehead atoms. The number of hydrogen-bond donors (Lipinski definition) is 1. The van der Waals surface area contributed by atoms with Crippen molar-refractivity contribution in [3.63, 3.8) is 0 Å². The zero-order valence-electron chi connectivity index (χ0n) is 13.7. The van der Waals surface area contributed by atoms with Crippen LogP contribution in [0.4, 0.5) is 4.79 Å². The third-order valence-corrected chi connectivity index (χ3v) is 6.24. The Kier molecular flexibility index (Phi) is 4.35. The molecule has 1 aromatic heterocycles. The number of thioether (sulfide) groups is 1. The molecule has 1 unspecified atom stereocenters. The molecule has 2 aliphatic rings. The van der Waals surface area contributed by atoms with Crippen LogP contribution in [0.1, 0.15) is 37.7 Å². The van der Waals surface area contributed by atoms with Gasteiger partial charge in [-0.1, -0.05) is 43.2 Å². The van der Waals surface area contributed by atoms with E-state index < -0.39 is 0 Å². The maximum absolute atomic E-state index is 11.8. The van der Waals surface area contributed by atoms with Crippen LogP contribution in [0.25, 0.3) is 10.9 Å². The van der Waals surface area contributed by atoms with Crippen molar-refractivity contribution in [2.24, 2.45) is 5.92 Å². The van der Waals surface area contributed by atoms with Gasteiger partial charge in [0.25, 0.3) is 5.24 Å². The van der Waals surface area contributed by atoms with Gasteiger partial charge in [0.1, 0.15) is 0 Å². The summed E-state index contributed by atoms with van der Waals surface area (Å²) < 4.78 is 2.36. The number of rotatable bonds is 4. The van der Waals surface area contributed by atoms with E-state index in [1.54, 1.807) is 0 Å². The molecule has 0 radical (unpaired) electrons. The first kappa shape index (κ1) is 15.8. The molecule has 2 fully saturated rings. The van der Waals surface area contributed by atoms with Crippen LogP contribution in [-0.2, 0) is 17.8 Å². The molecule has 126 valence electrons. The first-order chi connectivity index (χ1) is 11.7. The highest BCUT2D eigenvalue weighted by Crippen LogP contribution is 2.30. The Hall–Kier alpha value is -1.75. The molecule has 1 N–H and O–H groups in total. The van der Waals surface area contributed by atoms with E-state index in [0.29, 0.717) is 6.42 Å². The molecule has 5 heteroatoms. The quantitative estimate of drug-likeness (QED) is 0.909. The second-order valence-electron chi connectivity index (χ2n) is 6.91. The number of imide groups is 1. The van der Waals surface area contributed by atoms with Gasteiger partial charge in [-0.15, -0.1) is 0 Å². The number of nitrogens with one attached hydrogen (secondary N) is 1. The number of hydrogen-bond acceptors (Lipinski definition) is 3. The molecule has 24 heavy (non-hydrogen) atoms. The van der Waals surface area contributed by atoms with E-state index >= 15 is 0 Å². The summed E-state index contributed by atoms with van der Waals surface area (Å²) in [6, 6.07) is 8.46. The van der Waals surface area contributed by atoms with E-state index in [9.17, 15) is 9.59 Å². The van der Waals surface area contributed by atoms with E-state index in [4.69, 9.17) is 0 Å². The Balaban J connectivity index is 1.57. The van der Waals surface area contributed by atoms with Gasteiger partial charge < -0.3 is 4.57 Å². The molecule has 0 spiro atoms. The maximum atomic E-state index is 11.8. The van der Waals surface area contributed by atoms with Crippen molar-refractivity contribution in [1.82, 2.24) is 9.88 Å². The summed E-state index contributed by atoms with van der Waals surface area (Å²) >= 11 is 1.11. The topological polar surface area (TPSA) is 51.1 Å². The summed E-state index contributed by atoms with van der Waals surface area (Å²) in [5.41, 5.74) is 2.39. The van der Waals surface area contributed by atoms with Crippen LogP contribution in [0.15, 0.2) is 30.5 Å². The monoisotopic (exact) mass is 342 g/mol. The van der Waals surface area contributed by atoms with Crippen molar-refractivity contribution in [1.29, 1.82) is 0 Å². The molecule has 1 aliphatic heterocycles. The second kappa shape index (κ2) is 6.63. The van der Waals surface area contributed by atoms with Gasteiger partial charge in [-0.2, -0.15) is 0 Å². The van der Waals surface area contributed by atoms with Crippen LogP contribution >= 0.6 is 11.8 Å². The van der Waals surface area contributed by atoms with Gasteiger partial charge in [-0.05, 0) is 42.9 Å². The second-order valence-corrected chi connectivity index (χ2v) is 8.08. The molecular weight excluding hydrogens is 320 g/mol. The van der Waals surface area contributed by atoms with Gasteiger partial charge in [0.2, 0.25) is 5.91 Å². The molecule has 1 saturated carbocycles. The Morgan fingerprint density at radius 3 is 2.71 bits per heavy atom. The highest BCUT2D eigenvalue weighted by Gasteiger charge is 2.31. The fraction of sp³-hybridized carbons (Fsp3) is 0.474. The number of carbonyl (C=O) groups excluding carboxylic acids is 2. The number of benzene rings is 1. The predicted molar refractivity (Wildman–Crippen MR) is 97.1 cm³/mol. The third-order valence-electron chi connectivity index (χ3n) is 5.26. The van der Waals surface area contributed by atoms with E-state index in [0.717, 1.165) is 29.8 Å². The number of fused-ring (bicyclic) bond motifs is 1. The molecule has 4 rings (SSSR count). The van der Waals surface area contributed by atoms with E-state index in [2.05, 4.69) is 40.3 Å². The minimum absolute atomic E-state index is 0.163. The summed E-state index contributed by atoms with van der Waals surface area (Å²) in [4.78, 5) is 23.2. The fourth-order valence-electron chi connectivity index (χ4n) is 4.00. The number of amides is 2. The van der Waals surface area contributed by atoms with Crippen LogP contribution in [0, 0.1) is 5.92 Å². The maximum Gasteiger partial charge on any atom is 0.286 e. The highest BCUT2D eigenvalue weighted by molar-refractivity contribution is 8.15. The van der Waals surface area contributed by atoms with Crippen molar-refractivity contribution in [2.45, 2.75) is 50.3 Å². The molecule has 1 saturated heterocycles. The normalized spacial score (nSPS) is 22.2. The van der Waals surface area contributed by atoms with Crippen LogP contribution in [0.5, 0.6) is 0 Å². The first-order valence-electron chi connectivity index (χ1n) is 8.79. The van der Waals surface area contributed by atoms with Crippen molar-refractivity contribution in [2.75, 3.05) is 0 Å². The molecule has 2 heterocycles. The minimum Gasteiger partial charge on any atom is -0.347 e. The standard InChI is InChI=1S/C19H22N2O2S/c22-18-17(24-19(23)20-18)11-14-7-4-8-16-15(14)9-10-21(16)12-13-5-2-1-3-6-13/h4,7-10,13,17H,1-3,5-6,11-12H2,(H,20,22,23). The smallest absolute Gasteiger partial charge is 0.286 e. The van der Waals surface area contributed by atoms with Gasteiger partial charge in [0, 0.05) is 23.6 Å². The SMILES string of the molecule is O=C1NC(=O)C(Cc2cccc3c2ccn3CC2CCCCC2)S1.